The van der Waals surface area contributed by atoms with Gasteiger partial charge in [-0.15, -0.1) is 0 Å². The summed E-state index contributed by atoms with van der Waals surface area (Å²) in [4.78, 5) is 16.3. The molecule has 0 bridgehead atoms. The first-order valence-electron chi connectivity index (χ1n) is 5.80. The molecule has 0 atom stereocenters. The predicted molar refractivity (Wildman–Crippen MR) is 68.9 cm³/mol. The standard InChI is InChI=1S/C14H16N2O/c1-10(2)9-16-14(17)12-7-3-5-11-6-4-8-15-13(11)12/h3-8,10H,9H2,1-2H3,(H,16,17). The summed E-state index contributed by atoms with van der Waals surface area (Å²) in [6.07, 6.45) is 1.71. The zero-order valence-electron chi connectivity index (χ0n) is 10.1. The number of nitrogens with zero attached hydrogens (tertiary/aromatic N) is 1. The maximum absolute atomic E-state index is 12.0. The minimum absolute atomic E-state index is 0.0528. The Balaban J connectivity index is 2.32. The highest BCUT2D eigenvalue weighted by Crippen LogP contribution is 2.15. The van der Waals surface area contributed by atoms with E-state index in [9.17, 15) is 4.79 Å². The molecule has 0 spiro atoms. The van der Waals surface area contributed by atoms with Gasteiger partial charge in [-0.05, 0) is 18.1 Å². The molecule has 1 amide bonds. The lowest BCUT2D eigenvalue weighted by Crippen LogP contribution is -2.27. The number of pyridine rings is 1. The van der Waals surface area contributed by atoms with E-state index in [2.05, 4.69) is 24.1 Å². The van der Waals surface area contributed by atoms with Crippen LogP contribution in [0.4, 0.5) is 0 Å². The van der Waals surface area contributed by atoms with Crippen LogP contribution >= 0.6 is 0 Å². The molecule has 0 aliphatic carbocycles. The number of nitrogens with one attached hydrogen (secondary N) is 1. The lowest BCUT2D eigenvalue weighted by Gasteiger charge is -2.09. The van der Waals surface area contributed by atoms with Crippen LogP contribution in [-0.4, -0.2) is 17.4 Å². The van der Waals surface area contributed by atoms with Crippen LogP contribution in [0.2, 0.25) is 0 Å². The number of aromatic nitrogens is 1. The largest absolute Gasteiger partial charge is 0.352 e. The number of hydrogen-bond acceptors (Lipinski definition) is 2. The van der Waals surface area contributed by atoms with E-state index in [1.165, 1.54) is 0 Å². The number of hydrogen-bond donors (Lipinski definition) is 1. The predicted octanol–water partition coefficient (Wildman–Crippen LogP) is 2.62. The summed E-state index contributed by atoms with van der Waals surface area (Å²) in [6, 6.07) is 9.49. The fraction of sp³-hybridized carbons (Fsp3) is 0.286. The second-order valence-corrected chi connectivity index (χ2v) is 4.48. The number of carbonyl (C=O) groups is 1. The van der Waals surface area contributed by atoms with Crippen molar-refractivity contribution in [2.24, 2.45) is 5.92 Å². The topological polar surface area (TPSA) is 42.0 Å². The van der Waals surface area contributed by atoms with Gasteiger partial charge in [-0.2, -0.15) is 0 Å². The minimum atomic E-state index is -0.0528. The molecule has 0 fully saturated rings. The van der Waals surface area contributed by atoms with E-state index in [1.807, 2.05) is 30.3 Å². The normalized spacial score (nSPS) is 10.8. The van der Waals surface area contributed by atoms with Crippen molar-refractivity contribution in [3.05, 3.63) is 42.1 Å². The molecule has 0 saturated carbocycles. The third-order valence-electron chi connectivity index (χ3n) is 2.55. The molecule has 1 heterocycles. The lowest BCUT2D eigenvalue weighted by molar-refractivity contribution is 0.0950. The van der Waals surface area contributed by atoms with E-state index in [4.69, 9.17) is 0 Å². The number of amides is 1. The van der Waals surface area contributed by atoms with Crippen LogP contribution in [0, 0.1) is 5.92 Å². The van der Waals surface area contributed by atoms with Gasteiger partial charge < -0.3 is 5.32 Å². The van der Waals surface area contributed by atoms with E-state index in [0.717, 1.165) is 10.9 Å². The molecule has 0 unspecified atom stereocenters. The van der Waals surface area contributed by atoms with Gasteiger partial charge in [0.25, 0.3) is 5.91 Å². The molecule has 3 heteroatoms. The second kappa shape index (κ2) is 4.95. The van der Waals surface area contributed by atoms with Gasteiger partial charge in [-0.3, -0.25) is 9.78 Å². The third kappa shape index (κ3) is 2.61. The number of para-hydroxylation sites is 1. The van der Waals surface area contributed by atoms with Crippen LogP contribution < -0.4 is 5.32 Å². The Bertz CT molecular complexity index is 529. The summed E-state index contributed by atoms with van der Waals surface area (Å²) in [5.41, 5.74) is 1.40. The van der Waals surface area contributed by atoms with Crippen molar-refractivity contribution in [3.8, 4) is 0 Å². The van der Waals surface area contributed by atoms with Gasteiger partial charge in [-0.25, -0.2) is 0 Å². The Labute approximate surface area is 101 Å². The molecule has 0 saturated heterocycles. The van der Waals surface area contributed by atoms with Gasteiger partial charge in [0.05, 0.1) is 11.1 Å². The van der Waals surface area contributed by atoms with Gasteiger partial charge in [0, 0.05) is 18.1 Å². The highest BCUT2D eigenvalue weighted by Gasteiger charge is 2.10. The van der Waals surface area contributed by atoms with E-state index < -0.39 is 0 Å². The van der Waals surface area contributed by atoms with Gasteiger partial charge in [0.15, 0.2) is 0 Å². The molecule has 88 valence electrons. The van der Waals surface area contributed by atoms with Gasteiger partial charge in [-0.1, -0.05) is 32.0 Å². The minimum Gasteiger partial charge on any atom is -0.352 e. The molecule has 1 N–H and O–H groups in total. The van der Waals surface area contributed by atoms with Gasteiger partial charge in [0.1, 0.15) is 0 Å². The number of benzene rings is 1. The van der Waals surface area contributed by atoms with Crippen molar-refractivity contribution in [2.45, 2.75) is 13.8 Å². The summed E-state index contributed by atoms with van der Waals surface area (Å²) in [5, 5.41) is 3.90. The van der Waals surface area contributed by atoms with Crippen LogP contribution in [-0.2, 0) is 0 Å². The van der Waals surface area contributed by atoms with E-state index in [-0.39, 0.29) is 5.91 Å². The molecule has 2 rings (SSSR count). The summed E-state index contributed by atoms with van der Waals surface area (Å²) in [6.45, 7) is 4.82. The first-order chi connectivity index (χ1) is 8.18. The summed E-state index contributed by atoms with van der Waals surface area (Å²) in [5.74, 6) is 0.393. The van der Waals surface area contributed by atoms with Crippen molar-refractivity contribution < 1.29 is 4.79 Å². The lowest BCUT2D eigenvalue weighted by atomic mass is 10.1. The van der Waals surface area contributed by atoms with Crippen molar-refractivity contribution >= 4 is 16.8 Å². The number of fused-ring (bicyclic) bond motifs is 1. The first kappa shape index (κ1) is 11.6. The van der Waals surface area contributed by atoms with Crippen molar-refractivity contribution in [1.29, 1.82) is 0 Å². The van der Waals surface area contributed by atoms with Gasteiger partial charge >= 0.3 is 0 Å². The maximum Gasteiger partial charge on any atom is 0.253 e. The van der Waals surface area contributed by atoms with Crippen LogP contribution in [0.5, 0.6) is 0 Å². The Morgan fingerprint density at radius 1 is 1.29 bits per heavy atom. The maximum atomic E-state index is 12.0. The van der Waals surface area contributed by atoms with Gasteiger partial charge in [0.2, 0.25) is 0 Å². The molecule has 2 aromatic rings. The smallest absolute Gasteiger partial charge is 0.253 e. The Morgan fingerprint density at radius 3 is 2.82 bits per heavy atom. The van der Waals surface area contributed by atoms with Crippen molar-refractivity contribution in [2.75, 3.05) is 6.54 Å². The van der Waals surface area contributed by atoms with E-state index in [0.29, 0.717) is 18.0 Å². The van der Waals surface area contributed by atoms with Crippen LogP contribution in [0.3, 0.4) is 0 Å². The molecule has 1 aromatic heterocycles. The third-order valence-corrected chi connectivity index (χ3v) is 2.55. The average molecular weight is 228 g/mol. The SMILES string of the molecule is CC(C)CNC(=O)c1cccc2cccnc12. The molecule has 0 aliphatic rings. The fourth-order valence-corrected chi connectivity index (χ4v) is 1.68. The summed E-state index contributed by atoms with van der Waals surface area (Å²) < 4.78 is 0. The van der Waals surface area contributed by atoms with Crippen molar-refractivity contribution in [3.63, 3.8) is 0 Å². The van der Waals surface area contributed by atoms with Crippen LogP contribution in [0.1, 0.15) is 24.2 Å². The molecule has 1 aromatic carbocycles. The second-order valence-electron chi connectivity index (χ2n) is 4.48. The fourth-order valence-electron chi connectivity index (χ4n) is 1.68. The molecule has 0 aliphatic heterocycles. The Morgan fingerprint density at radius 2 is 2.06 bits per heavy atom. The number of rotatable bonds is 3. The summed E-state index contributed by atoms with van der Waals surface area (Å²) >= 11 is 0. The van der Waals surface area contributed by atoms with Crippen LogP contribution in [0.15, 0.2) is 36.5 Å². The zero-order chi connectivity index (χ0) is 12.3. The summed E-state index contributed by atoms with van der Waals surface area (Å²) in [7, 11) is 0. The van der Waals surface area contributed by atoms with E-state index in [1.54, 1.807) is 6.20 Å². The van der Waals surface area contributed by atoms with Crippen LogP contribution in [0.25, 0.3) is 10.9 Å². The first-order valence-corrected chi connectivity index (χ1v) is 5.80. The highest BCUT2D eigenvalue weighted by atomic mass is 16.1. The molecular formula is C14H16N2O. The number of carbonyl (C=O) groups excluding carboxylic acids is 1. The molecule has 17 heavy (non-hydrogen) atoms. The van der Waals surface area contributed by atoms with Crippen molar-refractivity contribution in [1.82, 2.24) is 10.3 Å². The molecular weight excluding hydrogens is 212 g/mol. The zero-order valence-corrected chi connectivity index (χ0v) is 10.1. The van der Waals surface area contributed by atoms with E-state index >= 15 is 0 Å². The average Bonchev–Trinajstić information content (AvgIpc) is 2.35. The highest BCUT2D eigenvalue weighted by molar-refractivity contribution is 6.05. The molecule has 3 nitrogen and oxygen atoms in total. The quantitative estimate of drug-likeness (QED) is 0.877. The molecule has 0 radical (unpaired) electrons. The monoisotopic (exact) mass is 228 g/mol. The Kier molecular flexibility index (Phi) is 3.38. The Hall–Kier alpha value is -1.90.